The SMILES string of the molecule is COc1ccc(CC(C(=O)O)c2nccn2C)cc1. The van der Waals surface area contributed by atoms with E-state index in [9.17, 15) is 9.90 Å². The Hall–Kier alpha value is -2.30. The molecule has 2 rings (SSSR count). The number of benzene rings is 1. The van der Waals surface area contributed by atoms with Crippen molar-refractivity contribution >= 4 is 5.97 Å². The summed E-state index contributed by atoms with van der Waals surface area (Å²) in [5.74, 6) is -0.200. The number of imidazole rings is 1. The van der Waals surface area contributed by atoms with Gasteiger partial charge in [-0.15, -0.1) is 0 Å². The van der Waals surface area contributed by atoms with Crippen molar-refractivity contribution < 1.29 is 14.6 Å². The number of ether oxygens (including phenoxy) is 1. The van der Waals surface area contributed by atoms with Crippen LogP contribution in [0.25, 0.3) is 0 Å². The van der Waals surface area contributed by atoms with Crippen LogP contribution in [0.5, 0.6) is 5.75 Å². The van der Waals surface area contributed by atoms with Crippen molar-refractivity contribution in [2.45, 2.75) is 12.3 Å². The molecule has 1 unspecified atom stereocenters. The van der Waals surface area contributed by atoms with E-state index in [1.54, 1.807) is 31.1 Å². The highest BCUT2D eigenvalue weighted by Crippen LogP contribution is 2.21. The summed E-state index contributed by atoms with van der Waals surface area (Å²) in [6.45, 7) is 0. The zero-order chi connectivity index (χ0) is 13.8. The quantitative estimate of drug-likeness (QED) is 0.891. The van der Waals surface area contributed by atoms with Crippen LogP contribution in [0.1, 0.15) is 17.3 Å². The first kappa shape index (κ1) is 13.1. The number of hydrogen-bond acceptors (Lipinski definition) is 3. The van der Waals surface area contributed by atoms with E-state index in [1.807, 2.05) is 24.3 Å². The molecular formula is C14H16N2O3. The Balaban J connectivity index is 2.21. The number of carboxylic acids is 1. The minimum absolute atomic E-state index is 0.407. The summed E-state index contributed by atoms with van der Waals surface area (Å²) in [4.78, 5) is 15.5. The van der Waals surface area contributed by atoms with Gasteiger partial charge in [-0.2, -0.15) is 0 Å². The monoisotopic (exact) mass is 260 g/mol. The molecule has 0 saturated heterocycles. The van der Waals surface area contributed by atoms with Crippen LogP contribution in [0.4, 0.5) is 0 Å². The highest BCUT2D eigenvalue weighted by atomic mass is 16.5. The largest absolute Gasteiger partial charge is 0.497 e. The fourth-order valence-electron chi connectivity index (χ4n) is 2.00. The third-order valence-electron chi connectivity index (χ3n) is 3.07. The molecule has 0 bridgehead atoms. The predicted octanol–water partition coefficient (Wildman–Crippen LogP) is 1.84. The van der Waals surface area contributed by atoms with Gasteiger partial charge in [0.2, 0.25) is 0 Å². The normalized spacial score (nSPS) is 12.1. The second-order valence-corrected chi connectivity index (χ2v) is 4.34. The van der Waals surface area contributed by atoms with E-state index in [0.717, 1.165) is 11.3 Å². The van der Waals surface area contributed by atoms with Gasteiger partial charge in [-0.05, 0) is 24.1 Å². The molecule has 0 spiro atoms. The van der Waals surface area contributed by atoms with Crippen molar-refractivity contribution in [3.63, 3.8) is 0 Å². The van der Waals surface area contributed by atoms with Crippen molar-refractivity contribution in [2.24, 2.45) is 7.05 Å². The van der Waals surface area contributed by atoms with E-state index in [-0.39, 0.29) is 0 Å². The molecule has 5 nitrogen and oxygen atoms in total. The molecule has 0 aliphatic carbocycles. The minimum Gasteiger partial charge on any atom is -0.497 e. The van der Waals surface area contributed by atoms with Crippen molar-refractivity contribution in [1.82, 2.24) is 9.55 Å². The van der Waals surface area contributed by atoms with Gasteiger partial charge in [-0.25, -0.2) is 4.98 Å². The molecule has 0 aliphatic rings. The van der Waals surface area contributed by atoms with Crippen molar-refractivity contribution in [2.75, 3.05) is 7.11 Å². The lowest BCUT2D eigenvalue weighted by Crippen LogP contribution is -2.18. The van der Waals surface area contributed by atoms with Crippen LogP contribution < -0.4 is 4.74 Å². The first-order chi connectivity index (χ1) is 9.11. The Labute approximate surface area is 111 Å². The summed E-state index contributed by atoms with van der Waals surface area (Å²) >= 11 is 0. The second-order valence-electron chi connectivity index (χ2n) is 4.34. The van der Waals surface area contributed by atoms with Gasteiger partial charge in [0.15, 0.2) is 0 Å². The average Bonchev–Trinajstić information content (AvgIpc) is 2.82. The highest BCUT2D eigenvalue weighted by Gasteiger charge is 2.24. The number of nitrogens with zero attached hydrogens (tertiary/aromatic N) is 2. The van der Waals surface area contributed by atoms with E-state index in [1.165, 1.54) is 0 Å². The molecule has 0 aliphatic heterocycles. The first-order valence-corrected chi connectivity index (χ1v) is 5.94. The predicted molar refractivity (Wildman–Crippen MR) is 70.3 cm³/mol. The van der Waals surface area contributed by atoms with E-state index in [4.69, 9.17) is 4.74 Å². The van der Waals surface area contributed by atoms with Crippen LogP contribution in [0.3, 0.4) is 0 Å². The maximum absolute atomic E-state index is 11.4. The maximum atomic E-state index is 11.4. The van der Waals surface area contributed by atoms with Crippen LogP contribution >= 0.6 is 0 Å². The number of aliphatic carboxylic acids is 1. The number of aryl methyl sites for hydroxylation is 1. The standard InChI is InChI=1S/C14H16N2O3/c1-16-8-7-15-13(16)12(14(17)18)9-10-3-5-11(19-2)6-4-10/h3-8,12H,9H2,1-2H3,(H,17,18). The lowest BCUT2D eigenvalue weighted by molar-refractivity contribution is -0.139. The Morgan fingerprint density at radius 1 is 1.42 bits per heavy atom. The molecule has 1 aromatic carbocycles. The summed E-state index contributed by atoms with van der Waals surface area (Å²) in [6.07, 6.45) is 3.77. The lowest BCUT2D eigenvalue weighted by atomic mass is 9.98. The van der Waals surface area contributed by atoms with Gasteiger partial charge in [-0.1, -0.05) is 12.1 Å². The van der Waals surface area contributed by atoms with Gasteiger partial charge in [-0.3, -0.25) is 4.79 Å². The molecule has 19 heavy (non-hydrogen) atoms. The van der Waals surface area contributed by atoms with Gasteiger partial charge in [0.1, 0.15) is 17.5 Å². The zero-order valence-corrected chi connectivity index (χ0v) is 10.9. The smallest absolute Gasteiger partial charge is 0.314 e. The Morgan fingerprint density at radius 3 is 2.58 bits per heavy atom. The summed E-state index contributed by atoms with van der Waals surface area (Å²) < 4.78 is 6.82. The fourth-order valence-corrected chi connectivity index (χ4v) is 2.00. The van der Waals surface area contributed by atoms with Gasteiger partial charge in [0, 0.05) is 19.4 Å². The maximum Gasteiger partial charge on any atom is 0.314 e. The lowest BCUT2D eigenvalue weighted by Gasteiger charge is -2.12. The van der Waals surface area contributed by atoms with E-state index < -0.39 is 11.9 Å². The second kappa shape index (κ2) is 5.56. The zero-order valence-electron chi connectivity index (χ0n) is 10.9. The highest BCUT2D eigenvalue weighted by molar-refractivity contribution is 5.75. The van der Waals surface area contributed by atoms with E-state index >= 15 is 0 Å². The molecule has 1 N–H and O–H groups in total. The molecular weight excluding hydrogens is 244 g/mol. The number of carbonyl (C=O) groups is 1. The van der Waals surface area contributed by atoms with Gasteiger partial charge in [0.05, 0.1) is 7.11 Å². The van der Waals surface area contributed by atoms with E-state index in [2.05, 4.69) is 4.98 Å². The number of aromatic nitrogens is 2. The molecule has 1 aromatic heterocycles. The molecule has 0 radical (unpaired) electrons. The molecule has 0 amide bonds. The Morgan fingerprint density at radius 2 is 2.11 bits per heavy atom. The molecule has 1 atom stereocenters. The van der Waals surface area contributed by atoms with Crippen LogP contribution in [-0.4, -0.2) is 27.7 Å². The van der Waals surface area contributed by atoms with Gasteiger partial charge in [0.25, 0.3) is 0 Å². The summed E-state index contributed by atoms with van der Waals surface area (Å²) in [5, 5.41) is 9.35. The molecule has 100 valence electrons. The molecule has 1 heterocycles. The number of carboxylic acid groups (broad SMARTS) is 1. The number of hydrogen-bond donors (Lipinski definition) is 1. The Kier molecular flexibility index (Phi) is 3.85. The van der Waals surface area contributed by atoms with Crippen LogP contribution in [0, 0.1) is 0 Å². The van der Waals surface area contributed by atoms with Crippen LogP contribution in [0.2, 0.25) is 0 Å². The van der Waals surface area contributed by atoms with Crippen LogP contribution in [-0.2, 0) is 18.3 Å². The minimum atomic E-state index is -0.870. The van der Waals surface area contributed by atoms with Gasteiger partial charge < -0.3 is 14.4 Å². The van der Waals surface area contributed by atoms with Crippen molar-refractivity contribution in [3.05, 3.63) is 48.0 Å². The molecule has 0 fully saturated rings. The Bertz CT molecular complexity index is 560. The fraction of sp³-hybridized carbons (Fsp3) is 0.286. The first-order valence-electron chi connectivity index (χ1n) is 5.94. The van der Waals surface area contributed by atoms with E-state index in [0.29, 0.717) is 12.2 Å². The van der Waals surface area contributed by atoms with Crippen molar-refractivity contribution in [3.8, 4) is 5.75 Å². The summed E-state index contributed by atoms with van der Waals surface area (Å²) in [5.41, 5.74) is 0.941. The number of methoxy groups -OCH3 is 1. The molecule has 0 saturated carbocycles. The molecule has 2 aromatic rings. The van der Waals surface area contributed by atoms with Crippen LogP contribution in [0.15, 0.2) is 36.7 Å². The average molecular weight is 260 g/mol. The topological polar surface area (TPSA) is 64.3 Å². The summed E-state index contributed by atoms with van der Waals surface area (Å²) in [6, 6.07) is 7.40. The third kappa shape index (κ3) is 2.93. The summed E-state index contributed by atoms with van der Waals surface area (Å²) in [7, 11) is 3.40. The third-order valence-corrected chi connectivity index (χ3v) is 3.07. The van der Waals surface area contributed by atoms with Gasteiger partial charge >= 0.3 is 5.97 Å². The molecule has 5 heteroatoms. The number of rotatable bonds is 5. The van der Waals surface area contributed by atoms with Crippen molar-refractivity contribution in [1.29, 1.82) is 0 Å².